The van der Waals surface area contributed by atoms with Gasteiger partial charge in [0.25, 0.3) is 0 Å². The molecule has 0 aromatic heterocycles. The zero-order chi connectivity index (χ0) is 14.1. The van der Waals surface area contributed by atoms with Gasteiger partial charge in [0.15, 0.2) is 0 Å². The number of fused-ring (bicyclic) bond motifs is 2. The van der Waals surface area contributed by atoms with Crippen molar-refractivity contribution < 1.29 is 5.11 Å². The van der Waals surface area contributed by atoms with Crippen molar-refractivity contribution in [3.8, 4) is 6.07 Å². The van der Waals surface area contributed by atoms with Crippen LogP contribution in [0.2, 0.25) is 0 Å². The molecule has 2 heterocycles. The first kappa shape index (κ1) is 13.4. The number of benzene rings is 1. The first-order valence-corrected chi connectivity index (χ1v) is 7.33. The van der Waals surface area contributed by atoms with Crippen molar-refractivity contribution in [2.24, 2.45) is 0 Å². The van der Waals surface area contributed by atoms with Crippen LogP contribution in [0.25, 0.3) is 0 Å². The molecule has 2 bridgehead atoms. The Labute approximate surface area is 120 Å². The highest BCUT2D eigenvalue weighted by atomic mass is 16.3. The van der Waals surface area contributed by atoms with E-state index in [2.05, 4.69) is 22.9 Å². The zero-order valence-electron chi connectivity index (χ0n) is 11.9. The number of likely N-dealkylation sites (N-methyl/N-ethyl adjacent to an activating group) is 1. The Kier molecular flexibility index (Phi) is 3.64. The number of hydrogen-bond donors (Lipinski definition) is 1. The number of aliphatic hydroxyl groups is 1. The van der Waals surface area contributed by atoms with Crippen molar-refractivity contribution in [3.05, 3.63) is 29.3 Å². The maximum atomic E-state index is 9.35. The number of nitrogens with zero attached hydrogens (tertiary/aromatic N) is 3. The minimum absolute atomic E-state index is 0.0115. The number of rotatable bonds is 2. The van der Waals surface area contributed by atoms with Crippen LogP contribution in [0.1, 0.15) is 30.4 Å². The molecule has 2 atom stereocenters. The Morgan fingerprint density at radius 2 is 2.10 bits per heavy atom. The third-order valence-corrected chi connectivity index (χ3v) is 4.85. The van der Waals surface area contributed by atoms with E-state index in [1.807, 2.05) is 18.2 Å². The third kappa shape index (κ3) is 2.28. The number of hydrogen-bond acceptors (Lipinski definition) is 4. The highest BCUT2D eigenvalue weighted by Crippen LogP contribution is 2.32. The Morgan fingerprint density at radius 3 is 2.85 bits per heavy atom. The van der Waals surface area contributed by atoms with Crippen LogP contribution in [0.5, 0.6) is 0 Å². The molecule has 4 nitrogen and oxygen atoms in total. The van der Waals surface area contributed by atoms with E-state index in [9.17, 15) is 10.4 Å². The van der Waals surface area contributed by atoms with Crippen LogP contribution in [0.15, 0.2) is 18.2 Å². The van der Waals surface area contributed by atoms with Gasteiger partial charge in [-0.3, -0.25) is 4.90 Å². The molecule has 1 aromatic carbocycles. The Bertz CT molecular complexity index is 537. The van der Waals surface area contributed by atoms with E-state index in [4.69, 9.17) is 0 Å². The second-order valence-corrected chi connectivity index (χ2v) is 5.91. The average Bonchev–Trinajstić information content (AvgIpc) is 2.72. The molecule has 0 spiro atoms. The van der Waals surface area contributed by atoms with Gasteiger partial charge in [-0.15, -0.1) is 0 Å². The maximum Gasteiger partial charge on any atom is 0.101 e. The van der Waals surface area contributed by atoms with Gasteiger partial charge < -0.3 is 10.0 Å². The zero-order valence-corrected chi connectivity index (χ0v) is 11.9. The van der Waals surface area contributed by atoms with Gasteiger partial charge in [-0.1, -0.05) is 6.07 Å². The molecule has 1 N–H and O–H groups in total. The Morgan fingerprint density at radius 1 is 1.30 bits per heavy atom. The molecular weight excluding hydrogens is 250 g/mol. The van der Waals surface area contributed by atoms with E-state index >= 15 is 0 Å². The molecule has 0 amide bonds. The van der Waals surface area contributed by atoms with Gasteiger partial charge >= 0.3 is 0 Å². The summed E-state index contributed by atoms with van der Waals surface area (Å²) >= 11 is 0. The fraction of sp³-hybridized carbons (Fsp3) is 0.562. The molecule has 20 heavy (non-hydrogen) atoms. The number of aliphatic hydroxyl groups excluding tert-OH is 1. The number of nitriles is 1. The normalized spacial score (nSPS) is 26.4. The summed E-state index contributed by atoms with van der Waals surface area (Å²) in [5.74, 6) is 0. The van der Waals surface area contributed by atoms with E-state index in [0.717, 1.165) is 24.3 Å². The van der Waals surface area contributed by atoms with Crippen LogP contribution >= 0.6 is 0 Å². The lowest BCUT2D eigenvalue weighted by molar-refractivity contribution is 0.254. The second kappa shape index (κ2) is 5.43. The monoisotopic (exact) mass is 271 g/mol. The van der Waals surface area contributed by atoms with Crippen molar-refractivity contribution in [2.75, 3.05) is 25.0 Å². The summed E-state index contributed by atoms with van der Waals surface area (Å²) in [6.07, 6.45) is 3.73. The molecule has 2 fully saturated rings. The lowest BCUT2D eigenvalue weighted by atomic mass is 10.0. The first-order chi connectivity index (χ1) is 9.72. The lowest BCUT2D eigenvalue weighted by Gasteiger charge is -2.28. The van der Waals surface area contributed by atoms with Gasteiger partial charge in [-0.2, -0.15) is 5.26 Å². The van der Waals surface area contributed by atoms with Gasteiger partial charge in [0.05, 0.1) is 17.9 Å². The van der Waals surface area contributed by atoms with Crippen molar-refractivity contribution in [2.45, 2.75) is 38.0 Å². The summed E-state index contributed by atoms with van der Waals surface area (Å²) in [5.41, 5.74) is 2.50. The Balaban J connectivity index is 1.88. The van der Waals surface area contributed by atoms with Gasteiger partial charge in [0, 0.05) is 25.2 Å². The molecule has 2 aliphatic rings. The third-order valence-electron chi connectivity index (χ3n) is 4.85. The standard InChI is InChI=1S/C16H21N3O/c1-18-14-3-4-15(18)10-19(7-6-14)16-5-2-12(11-20)8-13(16)9-17/h2,5,8,14-15,20H,3-4,6-7,10-11H2,1H3. The quantitative estimate of drug-likeness (QED) is 0.890. The second-order valence-electron chi connectivity index (χ2n) is 5.91. The molecule has 3 rings (SSSR count). The SMILES string of the molecule is CN1C2CCC1CN(c1ccc(CO)cc1C#N)CC2. The smallest absolute Gasteiger partial charge is 0.101 e. The predicted octanol–water partition coefficient (Wildman–Crippen LogP) is 1.72. The molecule has 4 heteroatoms. The van der Waals surface area contributed by atoms with Crippen LogP contribution in [-0.4, -0.2) is 42.2 Å². The molecule has 2 saturated heterocycles. The van der Waals surface area contributed by atoms with Gasteiger partial charge in [-0.25, -0.2) is 0 Å². The molecule has 1 aromatic rings. The van der Waals surface area contributed by atoms with Gasteiger partial charge in [-0.05, 0) is 44.0 Å². The van der Waals surface area contributed by atoms with Crippen LogP contribution in [0.3, 0.4) is 0 Å². The summed E-state index contributed by atoms with van der Waals surface area (Å²) < 4.78 is 0. The minimum Gasteiger partial charge on any atom is -0.392 e. The van der Waals surface area contributed by atoms with Crippen molar-refractivity contribution in [3.63, 3.8) is 0 Å². The van der Waals surface area contributed by atoms with E-state index in [1.165, 1.54) is 19.3 Å². The largest absolute Gasteiger partial charge is 0.392 e. The summed E-state index contributed by atoms with van der Waals surface area (Å²) in [5, 5.41) is 18.5. The minimum atomic E-state index is -0.0115. The molecule has 2 aliphatic heterocycles. The molecule has 0 saturated carbocycles. The highest BCUT2D eigenvalue weighted by molar-refractivity contribution is 5.60. The predicted molar refractivity (Wildman–Crippen MR) is 78.5 cm³/mol. The van der Waals surface area contributed by atoms with Crippen molar-refractivity contribution in [1.82, 2.24) is 4.90 Å². The summed E-state index contributed by atoms with van der Waals surface area (Å²) in [6, 6.07) is 9.30. The topological polar surface area (TPSA) is 50.5 Å². The first-order valence-electron chi connectivity index (χ1n) is 7.33. The van der Waals surface area contributed by atoms with Crippen molar-refractivity contribution in [1.29, 1.82) is 5.26 Å². The van der Waals surface area contributed by atoms with Crippen molar-refractivity contribution >= 4 is 5.69 Å². The summed E-state index contributed by atoms with van der Waals surface area (Å²) in [6.45, 7) is 2.00. The molecule has 2 unspecified atom stereocenters. The summed E-state index contributed by atoms with van der Waals surface area (Å²) in [7, 11) is 2.23. The van der Waals surface area contributed by atoms with Crippen LogP contribution in [0.4, 0.5) is 5.69 Å². The van der Waals surface area contributed by atoms with E-state index in [1.54, 1.807) is 0 Å². The molecular formula is C16H21N3O. The molecule has 106 valence electrons. The fourth-order valence-corrected chi connectivity index (χ4v) is 3.57. The average molecular weight is 271 g/mol. The highest BCUT2D eigenvalue weighted by Gasteiger charge is 2.35. The van der Waals surface area contributed by atoms with E-state index in [-0.39, 0.29) is 6.61 Å². The maximum absolute atomic E-state index is 9.35. The van der Waals surface area contributed by atoms with Crippen LogP contribution < -0.4 is 4.90 Å². The van der Waals surface area contributed by atoms with E-state index in [0.29, 0.717) is 17.6 Å². The van der Waals surface area contributed by atoms with Crippen LogP contribution in [0, 0.1) is 11.3 Å². The summed E-state index contributed by atoms with van der Waals surface area (Å²) in [4.78, 5) is 4.86. The van der Waals surface area contributed by atoms with E-state index < -0.39 is 0 Å². The van der Waals surface area contributed by atoms with Gasteiger partial charge in [0.1, 0.15) is 6.07 Å². The molecule has 0 aliphatic carbocycles. The fourth-order valence-electron chi connectivity index (χ4n) is 3.57. The number of anilines is 1. The van der Waals surface area contributed by atoms with Crippen LogP contribution in [-0.2, 0) is 6.61 Å². The lowest BCUT2D eigenvalue weighted by Crippen LogP contribution is -2.36. The van der Waals surface area contributed by atoms with Gasteiger partial charge in [0.2, 0.25) is 0 Å². The molecule has 0 radical (unpaired) electrons. The Hall–Kier alpha value is -1.57.